The van der Waals surface area contributed by atoms with Crippen LogP contribution in [0, 0.1) is 0 Å². The zero-order valence-corrected chi connectivity index (χ0v) is 19.8. The maximum atomic E-state index is 12.7. The summed E-state index contributed by atoms with van der Waals surface area (Å²) in [7, 11) is 0. The molecule has 0 bridgehead atoms. The maximum absolute atomic E-state index is 12.7. The van der Waals surface area contributed by atoms with E-state index in [9.17, 15) is 9.59 Å². The van der Waals surface area contributed by atoms with E-state index in [2.05, 4.69) is 16.1 Å². The molecule has 1 aliphatic heterocycles. The minimum atomic E-state index is -0.533. The highest BCUT2D eigenvalue weighted by atomic mass is 35.5. The third kappa shape index (κ3) is 4.15. The van der Waals surface area contributed by atoms with Crippen molar-refractivity contribution in [2.75, 3.05) is 13.2 Å². The first-order valence-electron chi connectivity index (χ1n) is 10.9. The zero-order chi connectivity index (χ0) is 23.8. The van der Waals surface area contributed by atoms with Gasteiger partial charge in [-0.05, 0) is 42.3 Å². The summed E-state index contributed by atoms with van der Waals surface area (Å²) in [5, 5.41) is 3.12. The lowest BCUT2D eigenvalue weighted by molar-refractivity contribution is -0.127. The fourth-order valence-corrected chi connectivity index (χ4v) is 4.72. The molecular formula is C26H21Cl2N3O3. The number of fused-ring (bicyclic) bond motifs is 3. The predicted octanol–water partition coefficient (Wildman–Crippen LogP) is 5.84. The van der Waals surface area contributed by atoms with Crippen LogP contribution in [0.1, 0.15) is 28.9 Å². The molecule has 3 heterocycles. The number of rotatable bonds is 6. The van der Waals surface area contributed by atoms with Crippen molar-refractivity contribution in [3.8, 4) is 0 Å². The van der Waals surface area contributed by atoms with Gasteiger partial charge in [0.25, 0.3) is 0 Å². The molecule has 5 rings (SSSR count). The van der Waals surface area contributed by atoms with Crippen LogP contribution in [0.3, 0.4) is 0 Å². The standard InChI is InChI=1S/C26H21Cl2N3O3/c1-16-6-9-25(32)30(16)10-11-34-26(33)22-13-20-19-4-2-3-5-23(19)31(24(20)14-29-22)15-17-12-18(27)7-8-21(17)28/h2-5,7-8,12-14H,1,6,9-11,15H2. The molecule has 1 amide bonds. The number of esters is 1. The summed E-state index contributed by atoms with van der Waals surface area (Å²) >= 11 is 12.6. The maximum Gasteiger partial charge on any atom is 0.357 e. The Labute approximate surface area is 206 Å². The van der Waals surface area contributed by atoms with Crippen LogP contribution >= 0.6 is 23.2 Å². The Morgan fingerprint density at radius 3 is 2.68 bits per heavy atom. The Morgan fingerprint density at radius 1 is 1.06 bits per heavy atom. The van der Waals surface area contributed by atoms with E-state index in [4.69, 9.17) is 27.9 Å². The lowest BCUT2D eigenvalue weighted by Gasteiger charge is -2.16. The second kappa shape index (κ2) is 9.12. The van der Waals surface area contributed by atoms with Crippen molar-refractivity contribution < 1.29 is 14.3 Å². The molecule has 2 aromatic carbocycles. The van der Waals surface area contributed by atoms with E-state index in [-0.39, 0.29) is 18.2 Å². The van der Waals surface area contributed by atoms with Gasteiger partial charge in [-0.1, -0.05) is 48.0 Å². The van der Waals surface area contributed by atoms with Crippen molar-refractivity contribution >= 4 is 56.9 Å². The van der Waals surface area contributed by atoms with Crippen LogP contribution in [0.15, 0.2) is 67.0 Å². The largest absolute Gasteiger partial charge is 0.459 e. The second-order valence-corrected chi connectivity index (χ2v) is 9.02. The number of benzene rings is 2. The molecule has 0 aliphatic carbocycles. The molecule has 1 fully saturated rings. The molecule has 0 atom stereocenters. The lowest BCUT2D eigenvalue weighted by atomic mass is 10.1. The topological polar surface area (TPSA) is 64.4 Å². The summed E-state index contributed by atoms with van der Waals surface area (Å²) in [6.07, 6.45) is 2.78. The highest BCUT2D eigenvalue weighted by Crippen LogP contribution is 2.31. The second-order valence-electron chi connectivity index (χ2n) is 8.17. The fourth-order valence-electron chi connectivity index (χ4n) is 4.35. The van der Waals surface area contributed by atoms with Crippen molar-refractivity contribution in [2.45, 2.75) is 19.4 Å². The van der Waals surface area contributed by atoms with Gasteiger partial charge in [-0.2, -0.15) is 0 Å². The molecule has 0 saturated carbocycles. The number of halogens is 2. The summed E-state index contributed by atoms with van der Waals surface area (Å²) in [6, 6.07) is 15.1. The van der Waals surface area contributed by atoms with Crippen LogP contribution in [0.4, 0.5) is 0 Å². The van der Waals surface area contributed by atoms with E-state index >= 15 is 0 Å². The average Bonchev–Trinajstić information content (AvgIpc) is 3.32. The van der Waals surface area contributed by atoms with Gasteiger partial charge in [-0.25, -0.2) is 9.78 Å². The van der Waals surface area contributed by atoms with Gasteiger partial charge in [0.1, 0.15) is 12.3 Å². The van der Waals surface area contributed by atoms with Crippen molar-refractivity contribution in [3.63, 3.8) is 0 Å². The van der Waals surface area contributed by atoms with E-state index in [0.717, 1.165) is 33.1 Å². The average molecular weight is 494 g/mol. The van der Waals surface area contributed by atoms with Crippen LogP contribution in [-0.4, -0.2) is 39.5 Å². The number of hydrogen-bond acceptors (Lipinski definition) is 4. The number of aromatic nitrogens is 2. The number of carbonyl (C=O) groups is 2. The van der Waals surface area contributed by atoms with Gasteiger partial charge in [-0.3, -0.25) is 4.79 Å². The van der Waals surface area contributed by atoms with Gasteiger partial charge in [0, 0.05) is 45.0 Å². The molecule has 0 radical (unpaired) electrons. The Balaban J connectivity index is 1.43. The van der Waals surface area contributed by atoms with E-state index in [0.29, 0.717) is 36.0 Å². The summed E-state index contributed by atoms with van der Waals surface area (Å²) in [5.74, 6) is -0.526. The van der Waals surface area contributed by atoms with Crippen LogP contribution < -0.4 is 0 Å². The molecule has 6 nitrogen and oxygen atoms in total. The number of ether oxygens (including phenoxy) is 1. The molecule has 34 heavy (non-hydrogen) atoms. The van der Waals surface area contributed by atoms with Crippen LogP contribution in [0.25, 0.3) is 21.8 Å². The van der Waals surface area contributed by atoms with E-state index < -0.39 is 5.97 Å². The first-order chi connectivity index (χ1) is 16.4. The molecule has 0 unspecified atom stereocenters. The molecule has 2 aromatic heterocycles. The number of amides is 1. The smallest absolute Gasteiger partial charge is 0.357 e. The first kappa shape index (κ1) is 22.4. The van der Waals surface area contributed by atoms with Gasteiger partial charge < -0.3 is 14.2 Å². The van der Waals surface area contributed by atoms with E-state index in [1.165, 1.54) is 0 Å². The van der Waals surface area contributed by atoms with Crippen molar-refractivity contribution in [1.82, 2.24) is 14.5 Å². The minimum absolute atomic E-state index is 0.00760. The van der Waals surface area contributed by atoms with Gasteiger partial charge in [0.05, 0.1) is 18.3 Å². The minimum Gasteiger partial charge on any atom is -0.459 e. The van der Waals surface area contributed by atoms with Crippen LogP contribution in [0.5, 0.6) is 0 Å². The SMILES string of the molecule is C=C1CCC(=O)N1CCOC(=O)c1cc2c3ccccc3n(Cc3cc(Cl)ccc3Cl)c2cn1. The molecule has 8 heteroatoms. The van der Waals surface area contributed by atoms with Crippen LogP contribution in [-0.2, 0) is 16.1 Å². The summed E-state index contributed by atoms with van der Waals surface area (Å²) in [5.41, 5.74) is 3.72. The molecule has 0 spiro atoms. The third-order valence-electron chi connectivity index (χ3n) is 6.06. The highest BCUT2D eigenvalue weighted by molar-refractivity contribution is 6.33. The van der Waals surface area contributed by atoms with E-state index in [1.807, 2.05) is 30.3 Å². The fraction of sp³-hybridized carbons (Fsp3) is 0.192. The normalized spacial score (nSPS) is 13.9. The number of pyridine rings is 1. The molecule has 1 saturated heterocycles. The Morgan fingerprint density at radius 2 is 1.88 bits per heavy atom. The van der Waals surface area contributed by atoms with Gasteiger partial charge >= 0.3 is 5.97 Å². The Bertz CT molecular complexity index is 1440. The molecule has 172 valence electrons. The summed E-state index contributed by atoms with van der Waals surface area (Å²) in [6.45, 7) is 4.76. The molecule has 0 N–H and O–H groups in total. The van der Waals surface area contributed by atoms with Crippen molar-refractivity contribution in [1.29, 1.82) is 0 Å². The Kier molecular flexibility index (Phi) is 6.02. The van der Waals surface area contributed by atoms with E-state index in [1.54, 1.807) is 29.3 Å². The third-order valence-corrected chi connectivity index (χ3v) is 6.67. The zero-order valence-electron chi connectivity index (χ0n) is 18.3. The number of para-hydroxylation sites is 1. The van der Waals surface area contributed by atoms with Crippen molar-refractivity contribution in [2.24, 2.45) is 0 Å². The van der Waals surface area contributed by atoms with Gasteiger partial charge in [-0.15, -0.1) is 0 Å². The number of hydrogen-bond donors (Lipinski definition) is 0. The molecular weight excluding hydrogens is 473 g/mol. The Hall–Kier alpha value is -3.35. The monoisotopic (exact) mass is 493 g/mol. The first-order valence-corrected chi connectivity index (χ1v) is 11.6. The van der Waals surface area contributed by atoms with Gasteiger partial charge in [0.2, 0.25) is 5.91 Å². The highest BCUT2D eigenvalue weighted by Gasteiger charge is 2.24. The summed E-state index contributed by atoms with van der Waals surface area (Å²) < 4.78 is 7.51. The number of likely N-dealkylation sites (tertiary alicyclic amines) is 1. The number of carbonyl (C=O) groups excluding carboxylic acids is 2. The van der Waals surface area contributed by atoms with Crippen molar-refractivity contribution in [3.05, 3.63) is 88.3 Å². The number of allylic oxidation sites excluding steroid dienone is 1. The molecule has 4 aromatic rings. The van der Waals surface area contributed by atoms with Gasteiger partial charge in [0.15, 0.2) is 0 Å². The number of nitrogens with zero attached hydrogens (tertiary/aromatic N) is 3. The summed E-state index contributed by atoms with van der Waals surface area (Å²) in [4.78, 5) is 30.5. The predicted molar refractivity (Wildman–Crippen MR) is 133 cm³/mol. The lowest BCUT2D eigenvalue weighted by Crippen LogP contribution is -2.28. The molecule has 1 aliphatic rings. The quantitative estimate of drug-likeness (QED) is 0.316. The van der Waals surface area contributed by atoms with Crippen LogP contribution in [0.2, 0.25) is 10.0 Å².